The Kier molecular flexibility index (Phi) is 3.68. The smallest absolute Gasteiger partial charge is 0.123 e. The molecule has 0 saturated carbocycles. The molecule has 21 heavy (non-hydrogen) atoms. The van der Waals surface area contributed by atoms with Crippen molar-refractivity contribution in [2.24, 2.45) is 12.8 Å². The number of benzene rings is 1. The molecule has 0 spiro atoms. The van der Waals surface area contributed by atoms with Crippen LogP contribution in [0.3, 0.4) is 0 Å². The number of nitrogens with zero attached hydrogens (tertiary/aromatic N) is 2. The van der Waals surface area contributed by atoms with Gasteiger partial charge >= 0.3 is 0 Å². The van der Waals surface area contributed by atoms with Crippen molar-refractivity contribution in [3.8, 4) is 5.75 Å². The van der Waals surface area contributed by atoms with E-state index in [2.05, 4.69) is 11.2 Å². The Balaban J connectivity index is 2.06. The Hall–Kier alpha value is -1.52. The fourth-order valence-electron chi connectivity index (χ4n) is 3.18. The van der Waals surface area contributed by atoms with Gasteiger partial charge in [0.05, 0.1) is 23.0 Å². The number of halogens is 1. The molecule has 0 aliphatic carbocycles. The maximum atomic E-state index is 6.42. The lowest BCUT2D eigenvalue weighted by atomic mass is 9.72. The Bertz CT molecular complexity index is 668. The topological polar surface area (TPSA) is 53.1 Å². The number of aryl methyl sites for hydroxylation is 2. The van der Waals surface area contributed by atoms with Crippen molar-refractivity contribution in [2.45, 2.75) is 25.2 Å². The van der Waals surface area contributed by atoms with Crippen LogP contribution in [0.15, 0.2) is 24.3 Å². The van der Waals surface area contributed by atoms with Gasteiger partial charge in [0.1, 0.15) is 5.75 Å². The molecule has 0 bridgehead atoms. The first-order valence-corrected chi connectivity index (χ1v) is 7.55. The zero-order valence-corrected chi connectivity index (χ0v) is 13.2. The van der Waals surface area contributed by atoms with E-state index in [1.165, 1.54) is 5.56 Å². The lowest BCUT2D eigenvalue weighted by Gasteiger charge is -2.38. The van der Waals surface area contributed by atoms with Crippen molar-refractivity contribution in [3.05, 3.63) is 46.2 Å². The van der Waals surface area contributed by atoms with Crippen molar-refractivity contribution in [2.75, 3.05) is 13.2 Å². The average Bonchev–Trinajstić information content (AvgIpc) is 2.74. The molecule has 2 heterocycles. The van der Waals surface area contributed by atoms with Gasteiger partial charge in [0.15, 0.2) is 0 Å². The van der Waals surface area contributed by atoms with Crippen LogP contribution < -0.4 is 10.5 Å². The summed E-state index contributed by atoms with van der Waals surface area (Å²) in [6.07, 6.45) is 1.67. The van der Waals surface area contributed by atoms with Gasteiger partial charge in [-0.25, -0.2) is 0 Å². The first kappa shape index (κ1) is 14.4. The van der Waals surface area contributed by atoms with Gasteiger partial charge in [-0.3, -0.25) is 4.68 Å². The highest BCUT2D eigenvalue weighted by Crippen LogP contribution is 2.41. The van der Waals surface area contributed by atoms with Crippen LogP contribution in [0.2, 0.25) is 5.02 Å². The van der Waals surface area contributed by atoms with E-state index in [0.29, 0.717) is 13.2 Å². The molecule has 0 radical (unpaired) electrons. The van der Waals surface area contributed by atoms with Gasteiger partial charge in [0.2, 0.25) is 0 Å². The number of fused-ring (bicyclic) bond motifs is 1. The van der Waals surface area contributed by atoms with Crippen LogP contribution in [0.5, 0.6) is 5.75 Å². The molecule has 4 nitrogen and oxygen atoms in total. The van der Waals surface area contributed by atoms with E-state index in [1.807, 2.05) is 36.9 Å². The molecule has 2 aromatic rings. The fraction of sp³-hybridized carbons (Fsp3) is 0.438. The zero-order valence-electron chi connectivity index (χ0n) is 12.4. The minimum Gasteiger partial charge on any atom is -0.493 e. The molecule has 2 N–H and O–H groups in total. The monoisotopic (exact) mass is 305 g/mol. The molecule has 1 aromatic heterocycles. The predicted molar refractivity (Wildman–Crippen MR) is 83.9 cm³/mol. The number of hydrogen-bond acceptors (Lipinski definition) is 3. The molecule has 3 rings (SSSR count). The number of nitrogens with two attached hydrogens (primary N) is 1. The van der Waals surface area contributed by atoms with E-state index in [1.54, 1.807) is 0 Å². The van der Waals surface area contributed by atoms with E-state index in [-0.39, 0.29) is 5.41 Å². The van der Waals surface area contributed by atoms with Gasteiger partial charge in [-0.05, 0) is 19.4 Å². The summed E-state index contributed by atoms with van der Waals surface area (Å²) in [5.74, 6) is 0.934. The van der Waals surface area contributed by atoms with Gasteiger partial charge in [-0.15, -0.1) is 0 Å². The van der Waals surface area contributed by atoms with Gasteiger partial charge < -0.3 is 10.5 Å². The van der Waals surface area contributed by atoms with Crippen LogP contribution in [0.25, 0.3) is 0 Å². The van der Waals surface area contributed by atoms with Crippen molar-refractivity contribution >= 4 is 11.6 Å². The summed E-state index contributed by atoms with van der Waals surface area (Å²) in [6, 6.07) is 8.15. The number of rotatable bonds is 3. The summed E-state index contributed by atoms with van der Waals surface area (Å²) in [4.78, 5) is 0. The van der Waals surface area contributed by atoms with E-state index in [9.17, 15) is 0 Å². The van der Waals surface area contributed by atoms with Gasteiger partial charge in [0, 0.05) is 31.0 Å². The molecule has 5 heteroatoms. The van der Waals surface area contributed by atoms with Gasteiger partial charge in [-0.2, -0.15) is 5.10 Å². The molecule has 1 aliphatic heterocycles. The maximum absolute atomic E-state index is 6.42. The molecule has 0 amide bonds. The van der Waals surface area contributed by atoms with Crippen LogP contribution in [-0.4, -0.2) is 22.9 Å². The lowest BCUT2D eigenvalue weighted by Crippen LogP contribution is -2.42. The third kappa shape index (κ3) is 2.32. The van der Waals surface area contributed by atoms with Crippen LogP contribution in [0.4, 0.5) is 0 Å². The van der Waals surface area contributed by atoms with Crippen molar-refractivity contribution in [1.82, 2.24) is 9.78 Å². The molecular weight excluding hydrogens is 286 g/mol. The van der Waals surface area contributed by atoms with Crippen LogP contribution in [0.1, 0.15) is 23.4 Å². The normalized spacial score (nSPS) is 21.0. The molecule has 1 aliphatic rings. The Morgan fingerprint density at radius 3 is 2.86 bits per heavy atom. The number of para-hydroxylation sites is 1. The van der Waals surface area contributed by atoms with E-state index in [0.717, 1.165) is 35.0 Å². The summed E-state index contributed by atoms with van der Waals surface area (Å²) in [6.45, 7) is 3.18. The number of ether oxygens (including phenoxy) is 1. The Morgan fingerprint density at radius 1 is 1.43 bits per heavy atom. The second-order valence-electron chi connectivity index (χ2n) is 5.73. The highest BCUT2D eigenvalue weighted by Gasteiger charge is 2.38. The Labute approximate surface area is 129 Å². The second-order valence-corrected chi connectivity index (χ2v) is 6.10. The lowest BCUT2D eigenvalue weighted by molar-refractivity contribution is 0.214. The quantitative estimate of drug-likeness (QED) is 0.948. The molecule has 0 saturated heterocycles. The standard InChI is InChI=1S/C16H20ClN3O/c1-11-15(17)13(20(2)19-11)9-16(10-18)7-8-21-14-6-4-3-5-12(14)16/h3-6H,7-10,18H2,1-2H3. The van der Waals surface area contributed by atoms with E-state index in [4.69, 9.17) is 22.1 Å². The molecule has 1 unspecified atom stereocenters. The number of hydrogen-bond donors (Lipinski definition) is 1. The average molecular weight is 306 g/mol. The summed E-state index contributed by atoms with van der Waals surface area (Å²) in [5, 5.41) is 5.15. The molecular formula is C16H20ClN3O. The van der Waals surface area contributed by atoms with Crippen molar-refractivity contribution in [1.29, 1.82) is 0 Å². The maximum Gasteiger partial charge on any atom is 0.123 e. The predicted octanol–water partition coefficient (Wildman–Crippen LogP) is 2.60. The molecule has 1 atom stereocenters. The minimum absolute atomic E-state index is 0.140. The Morgan fingerprint density at radius 2 is 2.19 bits per heavy atom. The van der Waals surface area contributed by atoms with Crippen molar-refractivity contribution < 1.29 is 4.74 Å². The largest absolute Gasteiger partial charge is 0.493 e. The first-order valence-electron chi connectivity index (χ1n) is 7.18. The summed E-state index contributed by atoms with van der Waals surface area (Å²) in [5.41, 5.74) is 9.12. The highest BCUT2D eigenvalue weighted by molar-refractivity contribution is 6.31. The minimum atomic E-state index is -0.140. The van der Waals surface area contributed by atoms with E-state index < -0.39 is 0 Å². The zero-order chi connectivity index (χ0) is 15.0. The summed E-state index contributed by atoms with van der Waals surface area (Å²) < 4.78 is 7.64. The summed E-state index contributed by atoms with van der Waals surface area (Å²) >= 11 is 6.42. The SMILES string of the molecule is Cc1nn(C)c(CC2(CN)CCOc3ccccc32)c1Cl. The van der Waals surface area contributed by atoms with Crippen LogP contribution in [-0.2, 0) is 18.9 Å². The molecule has 0 fully saturated rings. The van der Waals surface area contributed by atoms with Crippen molar-refractivity contribution in [3.63, 3.8) is 0 Å². The van der Waals surface area contributed by atoms with Gasteiger partial charge in [0.25, 0.3) is 0 Å². The molecule has 112 valence electrons. The fourth-order valence-corrected chi connectivity index (χ4v) is 3.41. The second kappa shape index (κ2) is 5.35. The number of aromatic nitrogens is 2. The molecule has 1 aromatic carbocycles. The third-order valence-electron chi connectivity index (χ3n) is 4.45. The third-order valence-corrected chi connectivity index (χ3v) is 4.95. The summed E-state index contributed by atoms with van der Waals surface area (Å²) in [7, 11) is 1.93. The van der Waals surface area contributed by atoms with Crippen LogP contribution >= 0.6 is 11.6 Å². The van der Waals surface area contributed by atoms with Gasteiger partial charge in [-0.1, -0.05) is 29.8 Å². The highest BCUT2D eigenvalue weighted by atomic mass is 35.5. The van der Waals surface area contributed by atoms with E-state index >= 15 is 0 Å². The van der Waals surface area contributed by atoms with Crippen LogP contribution in [0, 0.1) is 6.92 Å². The first-order chi connectivity index (χ1) is 10.1.